The van der Waals surface area contributed by atoms with Gasteiger partial charge < -0.3 is 9.88 Å². The highest BCUT2D eigenvalue weighted by atomic mass is 15.2. The van der Waals surface area contributed by atoms with Crippen molar-refractivity contribution in [3.63, 3.8) is 0 Å². The summed E-state index contributed by atoms with van der Waals surface area (Å²) in [6.45, 7) is 2.88. The summed E-state index contributed by atoms with van der Waals surface area (Å²) < 4.78 is 2.16. The molecule has 0 saturated carbocycles. The lowest BCUT2D eigenvalue weighted by Crippen LogP contribution is -2.19. The van der Waals surface area contributed by atoms with E-state index in [2.05, 4.69) is 69.5 Å². The van der Waals surface area contributed by atoms with E-state index in [1.165, 1.54) is 22.8 Å². The zero-order valence-electron chi connectivity index (χ0n) is 11.1. The van der Waals surface area contributed by atoms with Crippen LogP contribution in [0.15, 0.2) is 36.8 Å². The quantitative estimate of drug-likeness (QED) is 0.751. The topological polar surface area (TPSA) is 58.5 Å². The van der Waals surface area contributed by atoms with Crippen molar-refractivity contribution < 1.29 is 0 Å². The maximum atomic E-state index is 4.16. The lowest BCUT2D eigenvalue weighted by atomic mass is 10.1. The molecule has 98 valence electrons. The fourth-order valence-electron chi connectivity index (χ4n) is 2.35. The van der Waals surface area contributed by atoms with Gasteiger partial charge in [0.2, 0.25) is 0 Å². The minimum Gasteiger partial charge on any atom is -0.350 e. The summed E-state index contributed by atoms with van der Waals surface area (Å²) in [6, 6.07) is 8.59. The largest absolute Gasteiger partial charge is 0.350 e. The molecule has 0 radical (unpaired) electrons. The molecule has 0 amide bonds. The molecule has 3 aromatic rings. The van der Waals surface area contributed by atoms with Gasteiger partial charge in [-0.05, 0) is 18.6 Å². The van der Waals surface area contributed by atoms with Crippen LogP contribution in [0.5, 0.6) is 0 Å². The minimum atomic E-state index is 0.154. The molecule has 1 atom stereocenters. The first kappa shape index (κ1) is 11.9. The van der Waals surface area contributed by atoms with E-state index in [4.69, 9.17) is 0 Å². The second-order valence-electron chi connectivity index (χ2n) is 4.76. The van der Waals surface area contributed by atoms with Crippen LogP contribution >= 0.6 is 0 Å². The Morgan fingerprint density at radius 3 is 3.00 bits per heavy atom. The van der Waals surface area contributed by atoms with Crippen molar-refractivity contribution in [3.8, 4) is 0 Å². The molecule has 0 aliphatic heterocycles. The van der Waals surface area contributed by atoms with Gasteiger partial charge in [0.25, 0.3) is 0 Å². The maximum absolute atomic E-state index is 4.16. The van der Waals surface area contributed by atoms with Crippen LogP contribution in [0.2, 0.25) is 0 Å². The number of fused-ring (bicyclic) bond motifs is 1. The van der Waals surface area contributed by atoms with E-state index in [1.807, 2.05) is 0 Å². The van der Waals surface area contributed by atoms with Gasteiger partial charge in [0.05, 0.1) is 6.04 Å². The summed E-state index contributed by atoms with van der Waals surface area (Å²) in [5.74, 6) is 0.861. The summed E-state index contributed by atoms with van der Waals surface area (Å²) in [5, 5.41) is 11.5. The molecule has 0 fully saturated rings. The molecular formula is C14H17N5. The SMILES string of the molecule is CC(NCc1cn(C)c2ccccc12)c1ncn[nH]1. The van der Waals surface area contributed by atoms with E-state index >= 15 is 0 Å². The molecule has 2 heterocycles. The summed E-state index contributed by atoms with van der Waals surface area (Å²) in [6.07, 6.45) is 3.70. The van der Waals surface area contributed by atoms with Gasteiger partial charge in [-0.25, -0.2) is 4.98 Å². The van der Waals surface area contributed by atoms with Crippen LogP contribution in [-0.2, 0) is 13.6 Å². The first-order chi connectivity index (χ1) is 9.25. The highest BCUT2D eigenvalue weighted by Crippen LogP contribution is 2.20. The van der Waals surface area contributed by atoms with Crippen molar-refractivity contribution in [1.82, 2.24) is 25.1 Å². The van der Waals surface area contributed by atoms with Crippen molar-refractivity contribution in [2.75, 3.05) is 0 Å². The molecule has 5 nitrogen and oxygen atoms in total. The number of rotatable bonds is 4. The number of aromatic amines is 1. The molecule has 2 N–H and O–H groups in total. The summed E-state index contributed by atoms with van der Waals surface area (Å²) in [5.41, 5.74) is 2.55. The highest BCUT2D eigenvalue weighted by Gasteiger charge is 2.10. The molecule has 1 unspecified atom stereocenters. The van der Waals surface area contributed by atoms with Gasteiger partial charge >= 0.3 is 0 Å². The molecule has 0 aliphatic rings. The third-order valence-electron chi connectivity index (χ3n) is 3.42. The van der Waals surface area contributed by atoms with Crippen LogP contribution in [0.1, 0.15) is 24.4 Å². The van der Waals surface area contributed by atoms with Gasteiger partial charge in [0.15, 0.2) is 0 Å². The normalized spacial score (nSPS) is 12.9. The van der Waals surface area contributed by atoms with Crippen molar-refractivity contribution in [1.29, 1.82) is 0 Å². The van der Waals surface area contributed by atoms with Crippen LogP contribution in [-0.4, -0.2) is 19.7 Å². The molecule has 19 heavy (non-hydrogen) atoms. The van der Waals surface area contributed by atoms with E-state index in [1.54, 1.807) is 0 Å². The van der Waals surface area contributed by atoms with Gasteiger partial charge in [-0.2, -0.15) is 5.10 Å². The Hall–Kier alpha value is -2.14. The van der Waals surface area contributed by atoms with E-state index < -0.39 is 0 Å². The standard InChI is InChI=1S/C14H17N5/c1-10(14-16-9-17-18-14)15-7-11-8-19(2)13-6-4-3-5-12(11)13/h3-6,8-10,15H,7H2,1-2H3,(H,16,17,18). The third kappa shape index (κ3) is 2.24. The van der Waals surface area contributed by atoms with E-state index in [9.17, 15) is 0 Å². The lowest BCUT2D eigenvalue weighted by Gasteiger charge is -2.10. The first-order valence-corrected chi connectivity index (χ1v) is 6.37. The van der Waals surface area contributed by atoms with Gasteiger partial charge in [-0.15, -0.1) is 0 Å². The lowest BCUT2D eigenvalue weighted by molar-refractivity contribution is 0.549. The van der Waals surface area contributed by atoms with Crippen LogP contribution in [0.4, 0.5) is 0 Å². The Labute approximate surface area is 111 Å². The predicted molar refractivity (Wildman–Crippen MR) is 74.6 cm³/mol. The Bertz CT molecular complexity index is 668. The molecule has 2 aromatic heterocycles. The van der Waals surface area contributed by atoms with Crippen LogP contribution in [0.25, 0.3) is 10.9 Å². The molecule has 0 aliphatic carbocycles. The Kier molecular flexibility index (Phi) is 3.05. The maximum Gasteiger partial charge on any atom is 0.141 e. The van der Waals surface area contributed by atoms with E-state index in [-0.39, 0.29) is 6.04 Å². The number of H-pyrrole nitrogens is 1. The molecule has 0 spiro atoms. The van der Waals surface area contributed by atoms with Crippen molar-refractivity contribution in [2.24, 2.45) is 7.05 Å². The average molecular weight is 255 g/mol. The second-order valence-corrected chi connectivity index (χ2v) is 4.76. The molecule has 3 rings (SSSR count). The Morgan fingerprint density at radius 1 is 1.37 bits per heavy atom. The number of aromatic nitrogens is 4. The average Bonchev–Trinajstić information content (AvgIpc) is 3.06. The Morgan fingerprint density at radius 2 is 2.21 bits per heavy atom. The van der Waals surface area contributed by atoms with Crippen LogP contribution in [0.3, 0.4) is 0 Å². The number of nitrogens with one attached hydrogen (secondary N) is 2. The van der Waals surface area contributed by atoms with E-state index in [0.717, 1.165) is 12.4 Å². The number of hydrogen-bond acceptors (Lipinski definition) is 3. The smallest absolute Gasteiger partial charge is 0.141 e. The van der Waals surface area contributed by atoms with Crippen molar-refractivity contribution in [2.45, 2.75) is 19.5 Å². The molecule has 0 bridgehead atoms. The number of para-hydroxylation sites is 1. The fourth-order valence-corrected chi connectivity index (χ4v) is 2.35. The Balaban J connectivity index is 1.79. The monoisotopic (exact) mass is 255 g/mol. The number of nitrogens with zero attached hydrogens (tertiary/aromatic N) is 3. The summed E-state index contributed by atoms with van der Waals surface area (Å²) in [4.78, 5) is 4.16. The van der Waals surface area contributed by atoms with Gasteiger partial charge in [-0.3, -0.25) is 5.10 Å². The first-order valence-electron chi connectivity index (χ1n) is 6.37. The third-order valence-corrected chi connectivity index (χ3v) is 3.42. The zero-order chi connectivity index (χ0) is 13.2. The van der Waals surface area contributed by atoms with Crippen molar-refractivity contribution >= 4 is 10.9 Å². The van der Waals surface area contributed by atoms with E-state index in [0.29, 0.717) is 0 Å². The summed E-state index contributed by atoms with van der Waals surface area (Å²) in [7, 11) is 2.08. The number of hydrogen-bond donors (Lipinski definition) is 2. The predicted octanol–water partition coefficient (Wildman–Crippen LogP) is 2.15. The molecule has 1 aromatic carbocycles. The fraction of sp³-hybridized carbons (Fsp3) is 0.286. The number of benzene rings is 1. The molecule has 0 saturated heterocycles. The second kappa shape index (κ2) is 4.85. The zero-order valence-corrected chi connectivity index (χ0v) is 11.1. The van der Waals surface area contributed by atoms with Crippen LogP contribution < -0.4 is 5.32 Å². The van der Waals surface area contributed by atoms with Gasteiger partial charge in [-0.1, -0.05) is 18.2 Å². The highest BCUT2D eigenvalue weighted by molar-refractivity contribution is 5.83. The van der Waals surface area contributed by atoms with Gasteiger partial charge in [0, 0.05) is 30.7 Å². The van der Waals surface area contributed by atoms with Crippen molar-refractivity contribution in [3.05, 3.63) is 48.2 Å². The molecule has 5 heteroatoms. The number of aryl methyl sites for hydroxylation is 1. The molecular weight excluding hydrogens is 238 g/mol. The van der Waals surface area contributed by atoms with Gasteiger partial charge in [0.1, 0.15) is 12.2 Å². The minimum absolute atomic E-state index is 0.154. The summed E-state index contributed by atoms with van der Waals surface area (Å²) >= 11 is 0. The van der Waals surface area contributed by atoms with Crippen LogP contribution in [0, 0.1) is 0 Å².